The highest BCUT2D eigenvalue weighted by molar-refractivity contribution is 6.30. The number of halogens is 1. The number of carbonyl (C=O) groups is 1. The van der Waals surface area contributed by atoms with Crippen LogP contribution in [-0.2, 0) is 0 Å². The Morgan fingerprint density at radius 1 is 1.43 bits per heavy atom. The van der Waals surface area contributed by atoms with E-state index in [0.29, 0.717) is 16.6 Å². The Labute approximate surface area is 141 Å². The number of nitrogens with one attached hydrogen (secondary N) is 1. The van der Waals surface area contributed by atoms with Crippen LogP contribution in [-0.4, -0.2) is 47.3 Å². The maximum Gasteiger partial charge on any atom is 0.274 e. The van der Waals surface area contributed by atoms with Crippen LogP contribution < -0.4 is 5.32 Å². The molecule has 1 N–H and O–H groups in total. The molecule has 0 radical (unpaired) electrons. The van der Waals surface area contributed by atoms with Gasteiger partial charge in [0.05, 0.1) is 5.69 Å². The van der Waals surface area contributed by atoms with Gasteiger partial charge in [-0.3, -0.25) is 4.79 Å². The van der Waals surface area contributed by atoms with E-state index >= 15 is 0 Å². The minimum atomic E-state index is 0.00609. The molecule has 0 spiro atoms. The number of carbonyl (C=O) groups excluding carboxylic acids is 1. The zero-order valence-corrected chi connectivity index (χ0v) is 14.0. The summed E-state index contributed by atoms with van der Waals surface area (Å²) in [4.78, 5) is 14.6. The molecule has 0 aliphatic carbocycles. The number of aromatic nitrogens is 2. The highest BCUT2D eigenvalue weighted by Crippen LogP contribution is 2.19. The first-order chi connectivity index (χ1) is 11.2. The van der Waals surface area contributed by atoms with Crippen molar-refractivity contribution in [2.75, 3.05) is 26.7 Å². The zero-order valence-electron chi connectivity index (χ0n) is 13.2. The van der Waals surface area contributed by atoms with Crippen molar-refractivity contribution in [3.63, 3.8) is 0 Å². The minimum absolute atomic E-state index is 0.00609. The molecule has 0 saturated carbocycles. The Hall–Kier alpha value is -1.85. The molecule has 1 atom stereocenters. The number of nitrogens with zero attached hydrogens (tertiary/aromatic N) is 3. The van der Waals surface area contributed by atoms with Gasteiger partial charge in [0, 0.05) is 24.3 Å². The van der Waals surface area contributed by atoms with Gasteiger partial charge in [0.1, 0.15) is 0 Å². The summed E-state index contributed by atoms with van der Waals surface area (Å²) in [6, 6.07) is 9.19. The summed E-state index contributed by atoms with van der Waals surface area (Å²) < 4.78 is 1.69. The summed E-state index contributed by atoms with van der Waals surface area (Å²) >= 11 is 6.01. The Morgan fingerprint density at radius 3 is 3.09 bits per heavy atom. The van der Waals surface area contributed by atoms with Gasteiger partial charge in [0.2, 0.25) is 0 Å². The van der Waals surface area contributed by atoms with Crippen molar-refractivity contribution in [3.05, 3.63) is 47.2 Å². The molecular weight excluding hydrogens is 312 g/mol. The van der Waals surface area contributed by atoms with E-state index in [2.05, 4.69) is 10.4 Å². The van der Waals surface area contributed by atoms with Crippen molar-refractivity contribution in [1.29, 1.82) is 0 Å². The highest BCUT2D eigenvalue weighted by Gasteiger charge is 2.25. The fourth-order valence-corrected chi connectivity index (χ4v) is 3.25. The third kappa shape index (κ3) is 3.74. The highest BCUT2D eigenvalue weighted by atomic mass is 35.5. The minimum Gasteiger partial charge on any atom is -0.337 e. The molecule has 1 aliphatic heterocycles. The van der Waals surface area contributed by atoms with Crippen LogP contribution in [0.25, 0.3) is 5.69 Å². The molecule has 1 aromatic heterocycles. The normalized spacial score (nSPS) is 18.2. The smallest absolute Gasteiger partial charge is 0.274 e. The number of hydrogen-bond donors (Lipinski definition) is 1. The number of hydrogen-bond acceptors (Lipinski definition) is 3. The lowest BCUT2D eigenvalue weighted by atomic mass is 9.98. The van der Waals surface area contributed by atoms with Crippen LogP contribution in [0, 0.1) is 5.92 Å². The Bertz CT molecular complexity index is 683. The summed E-state index contributed by atoms with van der Waals surface area (Å²) in [5, 5.41) is 8.27. The summed E-state index contributed by atoms with van der Waals surface area (Å²) in [6.45, 7) is 2.55. The van der Waals surface area contributed by atoms with Gasteiger partial charge in [-0.15, -0.1) is 0 Å². The third-order valence-electron chi connectivity index (χ3n) is 4.18. The molecule has 2 aromatic rings. The van der Waals surface area contributed by atoms with E-state index in [1.165, 1.54) is 6.42 Å². The molecule has 6 heteroatoms. The van der Waals surface area contributed by atoms with Crippen LogP contribution in [0.1, 0.15) is 23.3 Å². The molecule has 0 bridgehead atoms. The molecule has 122 valence electrons. The first kappa shape index (κ1) is 16.0. The standard InChI is InChI=1S/C17H21ClN4O/c1-19-11-13-4-3-8-21(12-13)17(23)16-7-9-22(20-16)15-6-2-5-14(18)10-15/h2,5-7,9-10,13,19H,3-4,8,11-12H2,1H3/t13-/m0/s1. The van der Waals surface area contributed by atoms with Gasteiger partial charge < -0.3 is 10.2 Å². The molecule has 1 saturated heterocycles. The Morgan fingerprint density at radius 2 is 2.30 bits per heavy atom. The molecule has 1 aromatic carbocycles. The summed E-state index contributed by atoms with van der Waals surface area (Å²) in [7, 11) is 1.95. The van der Waals surface area contributed by atoms with Crippen LogP contribution in [0.5, 0.6) is 0 Å². The third-order valence-corrected chi connectivity index (χ3v) is 4.42. The van der Waals surface area contributed by atoms with Crippen LogP contribution in [0.3, 0.4) is 0 Å². The van der Waals surface area contributed by atoms with Gasteiger partial charge in [-0.2, -0.15) is 5.10 Å². The first-order valence-electron chi connectivity index (χ1n) is 7.93. The summed E-state index contributed by atoms with van der Waals surface area (Å²) in [6.07, 6.45) is 4.02. The van der Waals surface area contributed by atoms with Gasteiger partial charge >= 0.3 is 0 Å². The molecule has 3 rings (SSSR count). The average Bonchev–Trinajstić information content (AvgIpc) is 3.05. The number of benzene rings is 1. The average molecular weight is 333 g/mol. The van der Waals surface area contributed by atoms with Crippen molar-refractivity contribution < 1.29 is 4.79 Å². The predicted molar refractivity (Wildman–Crippen MR) is 91.1 cm³/mol. The van der Waals surface area contributed by atoms with Crippen molar-refractivity contribution in [1.82, 2.24) is 20.0 Å². The second-order valence-corrected chi connectivity index (χ2v) is 6.38. The number of likely N-dealkylation sites (tertiary alicyclic amines) is 1. The Balaban J connectivity index is 1.73. The van der Waals surface area contributed by atoms with E-state index in [1.54, 1.807) is 16.9 Å². The summed E-state index contributed by atoms with van der Waals surface area (Å²) in [5.41, 5.74) is 1.33. The number of rotatable bonds is 4. The quantitative estimate of drug-likeness (QED) is 0.936. The lowest BCUT2D eigenvalue weighted by Crippen LogP contribution is -2.42. The van der Waals surface area contributed by atoms with Gasteiger partial charge in [0.25, 0.3) is 5.91 Å². The van der Waals surface area contributed by atoms with Gasteiger partial charge in [-0.05, 0) is 56.6 Å². The van der Waals surface area contributed by atoms with E-state index in [4.69, 9.17) is 11.6 Å². The fourth-order valence-electron chi connectivity index (χ4n) is 3.07. The fraction of sp³-hybridized carbons (Fsp3) is 0.412. The Kier molecular flexibility index (Phi) is 4.98. The lowest BCUT2D eigenvalue weighted by molar-refractivity contribution is 0.0668. The number of piperidine rings is 1. The van der Waals surface area contributed by atoms with Crippen LogP contribution in [0.2, 0.25) is 5.02 Å². The van der Waals surface area contributed by atoms with E-state index in [-0.39, 0.29) is 5.91 Å². The van der Waals surface area contributed by atoms with Crippen molar-refractivity contribution in [2.45, 2.75) is 12.8 Å². The molecule has 0 unspecified atom stereocenters. The van der Waals surface area contributed by atoms with E-state index in [9.17, 15) is 4.79 Å². The van der Waals surface area contributed by atoms with E-state index in [1.807, 2.05) is 36.2 Å². The van der Waals surface area contributed by atoms with Crippen LogP contribution in [0.4, 0.5) is 0 Å². The lowest BCUT2D eigenvalue weighted by Gasteiger charge is -2.32. The van der Waals surface area contributed by atoms with E-state index in [0.717, 1.165) is 31.7 Å². The van der Waals surface area contributed by atoms with E-state index < -0.39 is 0 Å². The second kappa shape index (κ2) is 7.15. The summed E-state index contributed by atoms with van der Waals surface area (Å²) in [5.74, 6) is 0.527. The topological polar surface area (TPSA) is 50.2 Å². The van der Waals surface area contributed by atoms with Crippen molar-refractivity contribution in [3.8, 4) is 5.69 Å². The number of amides is 1. The van der Waals surface area contributed by atoms with Gasteiger partial charge in [-0.1, -0.05) is 17.7 Å². The maximum atomic E-state index is 12.7. The van der Waals surface area contributed by atoms with Crippen LogP contribution in [0.15, 0.2) is 36.5 Å². The molecule has 5 nitrogen and oxygen atoms in total. The van der Waals surface area contributed by atoms with Gasteiger partial charge in [-0.25, -0.2) is 4.68 Å². The predicted octanol–water partition coefficient (Wildman–Crippen LogP) is 2.60. The van der Waals surface area contributed by atoms with Crippen LogP contribution >= 0.6 is 11.6 Å². The first-order valence-corrected chi connectivity index (χ1v) is 8.30. The molecular formula is C17H21ClN4O. The largest absolute Gasteiger partial charge is 0.337 e. The molecule has 1 fully saturated rings. The monoisotopic (exact) mass is 332 g/mol. The van der Waals surface area contributed by atoms with Crippen molar-refractivity contribution in [2.24, 2.45) is 5.92 Å². The van der Waals surface area contributed by atoms with Crippen molar-refractivity contribution >= 4 is 17.5 Å². The second-order valence-electron chi connectivity index (χ2n) is 5.94. The molecule has 2 heterocycles. The zero-order chi connectivity index (χ0) is 16.2. The molecule has 1 amide bonds. The van der Waals surface area contributed by atoms with Gasteiger partial charge in [0.15, 0.2) is 5.69 Å². The SMILES string of the molecule is CNC[C@@H]1CCCN(C(=O)c2ccn(-c3cccc(Cl)c3)n2)C1. The maximum absolute atomic E-state index is 12.7. The molecule has 23 heavy (non-hydrogen) atoms. The molecule has 1 aliphatic rings.